The van der Waals surface area contributed by atoms with E-state index >= 15 is 0 Å². The van der Waals surface area contributed by atoms with Gasteiger partial charge >= 0.3 is 262 Å². The molecule has 2 heterocycles. The van der Waals surface area contributed by atoms with Crippen LogP contribution in [-0.4, -0.2) is 19.5 Å². The molecule has 0 unspecified atom stereocenters. The van der Waals surface area contributed by atoms with E-state index in [1.807, 2.05) is 6.07 Å². The van der Waals surface area contributed by atoms with Gasteiger partial charge in [0, 0.05) is 0 Å². The van der Waals surface area contributed by atoms with Crippen molar-refractivity contribution in [3.63, 3.8) is 0 Å². The van der Waals surface area contributed by atoms with E-state index in [1.54, 1.807) is 0 Å². The average Bonchev–Trinajstić information content (AvgIpc) is 3.71. The number of aromatic nitrogens is 1. The van der Waals surface area contributed by atoms with Gasteiger partial charge < -0.3 is 0 Å². The molecule has 0 saturated carbocycles. The maximum atomic E-state index is 6.29. The van der Waals surface area contributed by atoms with Crippen molar-refractivity contribution in [1.82, 2.24) is 4.98 Å². The molecule has 0 atom stereocenters. The van der Waals surface area contributed by atoms with E-state index in [1.165, 1.54) is 58.5 Å². The molecule has 0 radical (unpaired) electrons. The van der Waals surface area contributed by atoms with Crippen LogP contribution in [-0.2, 0) is 0 Å². The molecule has 2 nitrogen and oxygen atoms in total. The second kappa shape index (κ2) is 10.2. The van der Waals surface area contributed by atoms with E-state index in [9.17, 15) is 0 Å². The van der Waals surface area contributed by atoms with Gasteiger partial charge in [-0.3, -0.25) is 0 Å². The standard InChI is InChI=1S/C41H25NOSe/c1-3-11-26(12-4-1)29-23-30(25-31(24-29)33-18-10-20-37-39(33)34-16-7-8-19-36(34)43-37)32-17-9-15-27-21-22-35-40(38(27)32)44-41(42-35)28-13-5-2-6-14-28/h1-25H. The third-order valence-electron chi connectivity index (χ3n) is 8.48. The van der Waals surface area contributed by atoms with Crippen LogP contribution in [0.2, 0.25) is 0 Å². The molecule has 0 aliphatic rings. The van der Waals surface area contributed by atoms with E-state index < -0.39 is 0 Å². The van der Waals surface area contributed by atoms with Crippen molar-refractivity contribution < 1.29 is 4.42 Å². The van der Waals surface area contributed by atoms with Crippen LogP contribution in [0.5, 0.6) is 0 Å². The normalized spacial score (nSPS) is 11.6. The summed E-state index contributed by atoms with van der Waals surface area (Å²) in [6.45, 7) is 0. The number of hydrogen-bond donors (Lipinski definition) is 0. The molecule has 0 amide bonds. The number of para-hydroxylation sites is 1. The Morgan fingerprint density at radius 1 is 0.455 bits per heavy atom. The summed E-state index contributed by atoms with van der Waals surface area (Å²) in [7, 11) is 0. The van der Waals surface area contributed by atoms with Gasteiger partial charge in [-0.05, 0) is 0 Å². The Morgan fingerprint density at radius 2 is 1.09 bits per heavy atom. The summed E-state index contributed by atoms with van der Waals surface area (Å²) in [5.74, 6) is 0. The van der Waals surface area contributed by atoms with Gasteiger partial charge in [0.15, 0.2) is 0 Å². The summed E-state index contributed by atoms with van der Waals surface area (Å²) in [6.07, 6.45) is 0. The monoisotopic (exact) mass is 627 g/mol. The molecule has 0 fully saturated rings. The predicted octanol–water partition coefficient (Wildman–Crippen LogP) is 11.0. The first-order valence-electron chi connectivity index (χ1n) is 14.8. The molecule has 44 heavy (non-hydrogen) atoms. The molecular formula is C41H25NOSe. The van der Waals surface area contributed by atoms with E-state index in [4.69, 9.17) is 9.40 Å². The quantitative estimate of drug-likeness (QED) is 0.182. The summed E-state index contributed by atoms with van der Waals surface area (Å²) < 4.78 is 8.84. The molecule has 3 heteroatoms. The number of benzene rings is 7. The third-order valence-corrected chi connectivity index (χ3v) is 10.9. The number of hydrogen-bond acceptors (Lipinski definition) is 2. The number of fused-ring (bicyclic) bond motifs is 6. The molecule has 0 aliphatic carbocycles. The van der Waals surface area contributed by atoms with Crippen LogP contribution in [0.3, 0.4) is 0 Å². The summed E-state index contributed by atoms with van der Waals surface area (Å²) in [4.78, 5) is 5.13. The van der Waals surface area contributed by atoms with Gasteiger partial charge in [-0.2, -0.15) is 0 Å². The summed E-state index contributed by atoms with van der Waals surface area (Å²) in [6, 6.07) is 54.2. The third kappa shape index (κ3) is 4.13. The molecule has 206 valence electrons. The number of nitrogens with zero attached hydrogens (tertiary/aromatic N) is 1. The minimum atomic E-state index is 0.105. The van der Waals surface area contributed by atoms with Crippen LogP contribution in [0, 0.1) is 0 Å². The van der Waals surface area contributed by atoms with Crippen molar-refractivity contribution in [2.45, 2.75) is 0 Å². The van der Waals surface area contributed by atoms with E-state index in [0.29, 0.717) is 0 Å². The Hall–Kier alpha value is -5.21. The van der Waals surface area contributed by atoms with Gasteiger partial charge in [0.25, 0.3) is 0 Å². The van der Waals surface area contributed by atoms with Crippen molar-refractivity contribution in [2.75, 3.05) is 0 Å². The molecule has 7 aromatic carbocycles. The van der Waals surface area contributed by atoms with Crippen molar-refractivity contribution >= 4 is 57.0 Å². The molecule has 0 saturated heterocycles. The molecule has 9 aromatic rings. The van der Waals surface area contributed by atoms with Crippen molar-refractivity contribution in [3.05, 3.63) is 152 Å². The van der Waals surface area contributed by atoms with Crippen LogP contribution in [0.15, 0.2) is 156 Å². The second-order valence-corrected chi connectivity index (χ2v) is 13.2. The zero-order valence-corrected chi connectivity index (χ0v) is 25.4. The molecule has 0 aliphatic heterocycles. The molecule has 0 spiro atoms. The Labute approximate surface area is 260 Å². The van der Waals surface area contributed by atoms with Crippen LogP contribution in [0.4, 0.5) is 0 Å². The van der Waals surface area contributed by atoms with Crippen LogP contribution < -0.4 is 0 Å². The van der Waals surface area contributed by atoms with Gasteiger partial charge in [-0.1, -0.05) is 0 Å². The van der Waals surface area contributed by atoms with E-state index in [0.717, 1.165) is 27.5 Å². The Morgan fingerprint density at radius 3 is 1.89 bits per heavy atom. The van der Waals surface area contributed by atoms with Gasteiger partial charge in [0.2, 0.25) is 0 Å². The maximum absolute atomic E-state index is 6.29. The molecule has 0 bridgehead atoms. The fourth-order valence-corrected chi connectivity index (χ4v) is 8.84. The fourth-order valence-electron chi connectivity index (χ4n) is 6.45. The number of rotatable bonds is 4. The molecular weight excluding hydrogens is 601 g/mol. The van der Waals surface area contributed by atoms with Crippen LogP contribution >= 0.6 is 0 Å². The van der Waals surface area contributed by atoms with Gasteiger partial charge in [-0.25, -0.2) is 0 Å². The summed E-state index contributed by atoms with van der Waals surface area (Å²) in [5, 5.41) is 4.85. The van der Waals surface area contributed by atoms with Crippen molar-refractivity contribution in [2.24, 2.45) is 0 Å². The Balaban J connectivity index is 1.33. The Bertz CT molecular complexity index is 2490. The first kappa shape index (κ1) is 25.3. The fraction of sp³-hybridized carbons (Fsp3) is 0. The van der Waals surface area contributed by atoms with Crippen LogP contribution in [0.1, 0.15) is 0 Å². The molecule has 9 rings (SSSR count). The zero-order valence-electron chi connectivity index (χ0n) is 23.7. The van der Waals surface area contributed by atoms with E-state index in [2.05, 4.69) is 146 Å². The van der Waals surface area contributed by atoms with Crippen molar-refractivity contribution in [3.8, 4) is 43.5 Å². The van der Waals surface area contributed by atoms with Gasteiger partial charge in [0.05, 0.1) is 0 Å². The summed E-state index contributed by atoms with van der Waals surface area (Å²) in [5.41, 5.74) is 11.3. The molecule has 2 aromatic heterocycles. The van der Waals surface area contributed by atoms with E-state index in [-0.39, 0.29) is 14.5 Å². The number of furan rings is 1. The summed E-state index contributed by atoms with van der Waals surface area (Å²) >= 11 is 0.105. The van der Waals surface area contributed by atoms with Crippen LogP contribution in [0.25, 0.3) is 86.0 Å². The zero-order chi connectivity index (χ0) is 29.0. The van der Waals surface area contributed by atoms with Gasteiger partial charge in [-0.15, -0.1) is 0 Å². The first-order valence-corrected chi connectivity index (χ1v) is 16.5. The molecule has 0 N–H and O–H groups in total. The van der Waals surface area contributed by atoms with Gasteiger partial charge in [0.1, 0.15) is 0 Å². The second-order valence-electron chi connectivity index (χ2n) is 11.1. The predicted molar refractivity (Wildman–Crippen MR) is 185 cm³/mol. The minimum absolute atomic E-state index is 0.105. The SMILES string of the molecule is c1ccc(-c2cc(-c3cccc4oc5ccccc5c34)cc(-c3cccc4ccc5nc(-c6ccccc6)[se]c5c34)c2)cc1. The topological polar surface area (TPSA) is 26.0 Å². The first-order chi connectivity index (χ1) is 21.8. The Kier molecular flexibility index (Phi) is 5.87. The van der Waals surface area contributed by atoms with Crippen molar-refractivity contribution in [1.29, 1.82) is 0 Å². The average molecular weight is 627 g/mol.